The summed E-state index contributed by atoms with van der Waals surface area (Å²) in [4.78, 5) is 0. The number of phenolic OH excluding ortho intramolecular Hbond substituents is 1. The minimum atomic E-state index is 0.111. The molecule has 0 fully saturated rings. The maximum absolute atomic E-state index is 9.30. The highest BCUT2D eigenvalue weighted by molar-refractivity contribution is 6.32. The van der Waals surface area contributed by atoms with E-state index in [1.807, 2.05) is 17.7 Å². The second-order valence-electron chi connectivity index (χ2n) is 4.07. The summed E-state index contributed by atoms with van der Waals surface area (Å²) in [5, 5.41) is 20.8. The lowest BCUT2D eigenvalue weighted by atomic mass is 10.2. The zero-order valence-electron chi connectivity index (χ0n) is 10.1. The molecular formula is C12H15ClN4O. The molecule has 0 atom stereocenters. The SMILES string of the molecule is Cn1cnnc1CCNCc1ccc(O)c(Cl)c1. The average molecular weight is 267 g/mol. The Bertz CT molecular complexity index is 527. The fraction of sp³-hybridized carbons (Fsp3) is 0.333. The van der Waals surface area contributed by atoms with Gasteiger partial charge in [0.05, 0.1) is 5.02 Å². The van der Waals surface area contributed by atoms with Crippen molar-refractivity contribution in [1.29, 1.82) is 0 Å². The molecule has 0 spiro atoms. The smallest absolute Gasteiger partial charge is 0.134 e. The van der Waals surface area contributed by atoms with Crippen molar-refractivity contribution < 1.29 is 5.11 Å². The van der Waals surface area contributed by atoms with Crippen molar-refractivity contribution in [3.05, 3.63) is 40.9 Å². The normalized spacial score (nSPS) is 10.8. The van der Waals surface area contributed by atoms with Crippen molar-refractivity contribution in [2.24, 2.45) is 7.05 Å². The first-order valence-electron chi connectivity index (χ1n) is 5.68. The van der Waals surface area contributed by atoms with Crippen LogP contribution < -0.4 is 5.32 Å². The number of rotatable bonds is 5. The van der Waals surface area contributed by atoms with Gasteiger partial charge in [-0.2, -0.15) is 0 Å². The summed E-state index contributed by atoms with van der Waals surface area (Å²) in [5.74, 6) is 1.06. The molecule has 2 rings (SSSR count). The number of benzene rings is 1. The van der Waals surface area contributed by atoms with Crippen molar-refractivity contribution in [3.63, 3.8) is 0 Å². The highest BCUT2D eigenvalue weighted by Gasteiger charge is 2.01. The summed E-state index contributed by atoms with van der Waals surface area (Å²) in [7, 11) is 1.93. The third-order valence-electron chi connectivity index (χ3n) is 2.67. The molecule has 1 heterocycles. The van der Waals surface area contributed by atoms with Crippen molar-refractivity contribution in [2.45, 2.75) is 13.0 Å². The Morgan fingerprint density at radius 3 is 2.94 bits per heavy atom. The molecule has 18 heavy (non-hydrogen) atoms. The summed E-state index contributed by atoms with van der Waals surface area (Å²) in [6.07, 6.45) is 2.51. The first kappa shape index (κ1) is 12.9. The molecule has 6 heteroatoms. The topological polar surface area (TPSA) is 63.0 Å². The van der Waals surface area contributed by atoms with Crippen molar-refractivity contribution in [3.8, 4) is 5.75 Å². The zero-order chi connectivity index (χ0) is 13.0. The number of aromatic hydroxyl groups is 1. The van der Waals surface area contributed by atoms with E-state index >= 15 is 0 Å². The van der Waals surface area contributed by atoms with Crippen LogP contribution in [0, 0.1) is 0 Å². The first-order valence-corrected chi connectivity index (χ1v) is 6.05. The van der Waals surface area contributed by atoms with Crippen LogP contribution in [-0.4, -0.2) is 26.4 Å². The highest BCUT2D eigenvalue weighted by Crippen LogP contribution is 2.23. The first-order chi connectivity index (χ1) is 8.66. The number of aromatic nitrogens is 3. The molecule has 96 valence electrons. The Morgan fingerprint density at radius 1 is 1.44 bits per heavy atom. The largest absolute Gasteiger partial charge is 0.506 e. The monoisotopic (exact) mass is 266 g/mol. The van der Waals surface area contributed by atoms with Gasteiger partial charge in [0, 0.05) is 26.6 Å². The molecule has 5 nitrogen and oxygen atoms in total. The van der Waals surface area contributed by atoms with Gasteiger partial charge in [-0.25, -0.2) is 0 Å². The van der Waals surface area contributed by atoms with E-state index in [1.165, 1.54) is 0 Å². The fourth-order valence-electron chi connectivity index (χ4n) is 1.63. The van der Waals surface area contributed by atoms with Gasteiger partial charge in [-0.1, -0.05) is 17.7 Å². The second-order valence-corrected chi connectivity index (χ2v) is 4.48. The molecule has 0 bridgehead atoms. The quantitative estimate of drug-likeness (QED) is 0.806. The lowest BCUT2D eigenvalue weighted by molar-refractivity contribution is 0.475. The third-order valence-corrected chi connectivity index (χ3v) is 2.97. The van der Waals surface area contributed by atoms with E-state index in [1.54, 1.807) is 18.5 Å². The van der Waals surface area contributed by atoms with Gasteiger partial charge in [0.15, 0.2) is 0 Å². The van der Waals surface area contributed by atoms with Crippen LogP contribution in [0.1, 0.15) is 11.4 Å². The Balaban J connectivity index is 1.78. The van der Waals surface area contributed by atoms with E-state index in [2.05, 4.69) is 15.5 Å². The number of nitrogens with zero attached hydrogens (tertiary/aromatic N) is 3. The van der Waals surface area contributed by atoms with Crippen LogP contribution in [0.25, 0.3) is 0 Å². The van der Waals surface area contributed by atoms with E-state index in [4.69, 9.17) is 11.6 Å². The summed E-state index contributed by atoms with van der Waals surface area (Å²) in [6.45, 7) is 1.52. The van der Waals surface area contributed by atoms with Gasteiger partial charge in [0.2, 0.25) is 0 Å². The highest BCUT2D eigenvalue weighted by atomic mass is 35.5. The molecule has 0 saturated carbocycles. The van der Waals surface area contributed by atoms with Gasteiger partial charge < -0.3 is 15.0 Å². The molecule has 2 aromatic rings. The van der Waals surface area contributed by atoms with Crippen LogP contribution in [0.2, 0.25) is 5.02 Å². The van der Waals surface area contributed by atoms with Gasteiger partial charge in [-0.05, 0) is 17.7 Å². The van der Waals surface area contributed by atoms with Gasteiger partial charge in [0.25, 0.3) is 0 Å². The van der Waals surface area contributed by atoms with Crippen molar-refractivity contribution in [1.82, 2.24) is 20.1 Å². The molecule has 0 unspecified atom stereocenters. The maximum atomic E-state index is 9.30. The molecule has 2 N–H and O–H groups in total. The van der Waals surface area contributed by atoms with Crippen LogP contribution in [-0.2, 0) is 20.0 Å². The predicted octanol–water partition coefficient (Wildman–Crippen LogP) is 1.51. The van der Waals surface area contributed by atoms with E-state index in [0.29, 0.717) is 11.6 Å². The van der Waals surface area contributed by atoms with Crippen LogP contribution in [0.3, 0.4) is 0 Å². The van der Waals surface area contributed by atoms with Gasteiger partial charge in [-0.15, -0.1) is 10.2 Å². The van der Waals surface area contributed by atoms with Crippen LogP contribution in [0.5, 0.6) is 5.75 Å². The maximum Gasteiger partial charge on any atom is 0.134 e. The van der Waals surface area contributed by atoms with Crippen molar-refractivity contribution in [2.75, 3.05) is 6.54 Å². The molecule has 0 amide bonds. The Morgan fingerprint density at radius 2 is 2.28 bits per heavy atom. The number of halogens is 1. The Labute approximate surface area is 110 Å². The fourth-order valence-corrected chi connectivity index (χ4v) is 1.83. The molecule has 0 aliphatic rings. The number of hydrogen-bond donors (Lipinski definition) is 2. The lowest BCUT2D eigenvalue weighted by Crippen LogP contribution is -2.18. The minimum absolute atomic E-state index is 0.111. The summed E-state index contributed by atoms with van der Waals surface area (Å²) in [5.41, 5.74) is 1.04. The van der Waals surface area contributed by atoms with E-state index < -0.39 is 0 Å². The second kappa shape index (κ2) is 5.84. The lowest BCUT2D eigenvalue weighted by Gasteiger charge is -2.06. The van der Waals surface area contributed by atoms with E-state index in [-0.39, 0.29) is 5.75 Å². The zero-order valence-corrected chi connectivity index (χ0v) is 10.9. The van der Waals surface area contributed by atoms with E-state index in [9.17, 15) is 5.11 Å². The van der Waals surface area contributed by atoms with Crippen LogP contribution >= 0.6 is 11.6 Å². The van der Waals surface area contributed by atoms with E-state index in [0.717, 1.165) is 24.4 Å². The van der Waals surface area contributed by atoms with Gasteiger partial charge >= 0.3 is 0 Å². The molecule has 1 aromatic heterocycles. The standard InChI is InChI=1S/C12H15ClN4O/c1-17-8-15-16-12(17)4-5-14-7-9-2-3-11(18)10(13)6-9/h2-3,6,8,14,18H,4-5,7H2,1H3. The van der Waals surface area contributed by atoms with Crippen LogP contribution in [0.15, 0.2) is 24.5 Å². The molecule has 0 aliphatic heterocycles. The number of phenols is 1. The Hall–Kier alpha value is -1.59. The molecule has 0 radical (unpaired) electrons. The molecular weight excluding hydrogens is 252 g/mol. The van der Waals surface area contributed by atoms with Gasteiger partial charge in [0.1, 0.15) is 17.9 Å². The summed E-state index contributed by atoms with van der Waals surface area (Å²) >= 11 is 5.83. The number of hydrogen-bond acceptors (Lipinski definition) is 4. The average Bonchev–Trinajstić information content (AvgIpc) is 2.75. The third kappa shape index (κ3) is 3.21. The molecule has 1 aromatic carbocycles. The molecule has 0 saturated heterocycles. The Kier molecular flexibility index (Phi) is 4.17. The molecule has 0 aliphatic carbocycles. The van der Waals surface area contributed by atoms with Gasteiger partial charge in [-0.3, -0.25) is 0 Å². The number of nitrogens with one attached hydrogen (secondary N) is 1. The summed E-state index contributed by atoms with van der Waals surface area (Å²) < 4.78 is 1.90. The van der Waals surface area contributed by atoms with Crippen molar-refractivity contribution >= 4 is 11.6 Å². The number of aryl methyl sites for hydroxylation is 1. The summed E-state index contributed by atoms with van der Waals surface area (Å²) in [6, 6.07) is 5.20. The predicted molar refractivity (Wildman–Crippen MR) is 69.5 cm³/mol. The minimum Gasteiger partial charge on any atom is -0.506 e. The van der Waals surface area contributed by atoms with Crippen LogP contribution in [0.4, 0.5) is 0 Å².